The zero-order valence-corrected chi connectivity index (χ0v) is 18.4. The van der Waals surface area contributed by atoms with E-state index in [-0.39, 0.29) is 30.4 Å². The number of halogens is 1. The first kappa shape index (κ1) is 22.6. The average molecular weight is 430 g/mol. The van der Waals surface area contributed by atoms with Gasteiger partial charge in [0.15, 0.2) is 0 Å². The lowest BCUT2D eigenvalue weighted by atomic mass is 9.87. The Morgan fingerprint density at radius 2 is 1.93 bits per heavy atom. The fourth-order valence-corrected chi connectivity index (χ4v) is 4.68. The topological polar surface area (TPSA) is 53.6 Å². The maximum absolute atomic E-state index is 12.8. The zero-order chi connectivity index (χ0) is 20.1. The summed E-state index contributed by atoms with van der Waals surface area (Å²) in [6.07, 6.45) is 3.80. The fraction of sp³-hybridized carbons (Fsp3) is 0.458. The Balaban J connectivity index is 0.00000256. The molecule has 6 heteroatoms. The van der Waals surface area contributed by atoms with Gasteiger partial charge in [-0.25, -0.2) is 0 Å². The SMILES string of the molecule is COc1ccccc1C1CNCCN1CCC(=O)NC1CCCc2ccccc21.Cl. The monoisotopic (exact) mass is 429 g/mol. The Morgan fingerprint density at radius 1 is 1.17 bits per heavy atom. The van der Waals surface area contributed by atoms with E-state index in [1.165, 1.54) is 16.7 Å². The molecule has 1 amide bonds. The van der Waals surface area contributed by atoms with Crippen molar-refractivity contribution >= 4 is 18.3 Å². The summed E-state index contributed by atoms with van der Waals surface area (Å²) < 4.78 is 5.57. The van der Waals surface area contributed by atoms with E-state index in [9.17, 15) is 4.79 Å². The van der Waals surface area contributed by atoms with Crippen LogP contribution in [0.3, 0.4) is 0 Å². The van der Waals surface area contributed by atoms with E-state index >= 15 is 0 Å². The third-order valence-electron chi connectivity index (χ3n) is 6.18. The summed E-state index contributed by atoms with van der Waals surface area (Å²) in [6.45, 7) is 3.51. The molecule has 1 heterocycles. The maximum Gasteiger partial charge on any atom is 0.221 e. The number of hydrogen-bond acceptors (Lipinski definition) is 4. The highest BCUT2D eigenvalue weighted by atomic mass is 35.5. The number of ether oxygens (including phenoxy) is 1. The Labute approximate surface area is 185 Å². The van der Waals surface area contributed by atoms with E-state index in [2.05, 4.69) is 51.9 Å². The van der Waals surface area contributed by atoms with E-state index < -0.39 is 0 Å². The molecule has 162 valence electrons. The molecule has 2 N–H and O–H groups in total. The number of fused-ring (bicyclic) bond motifs is 1. The molecule has 1 aliphatic carbocycles. The minimum atomic E-state index is 0. The van der Waals surface area contributed by atoms with Crippen molar-refractivity contribution in [1.82, 2.24) is 15.5 Å². The number of nitrogens with zero attached hydrogens (tertiary/aromatic N) is 1. The fourth-order valence-electron chi connectivity index (χ4n) is 4.68. The second-order valence-electron chi connectivity index (χ2n) is 7.96. The van der Waals surface area contributed by atoms with E-state index in [1.807, 2.05) is 12.1 Å². The van der Waals surface area contributed by atoms with Crippen LogP contribution in [0.4, 0.5) is 0 Å². The molecule has 1 saturated heterocycles. The van der Waals surface area contributed by atoms with Gasteiger partial charge in [0.05, 0.1) is 19.2 Å². The van der Waals surface area contributed by atoms with E-state index in [0.29, 0.717) is 6.42 Å². The van der Waals surface area contributed by atoms with Crippen LogP contribution in [0.25, 0.3) is 0 Å². The molecule has 0 bridgehead atoms. The Hall–Kier alpha value is -2.08. The van der Waals surface area contributed by atoms with Crippen molar-refractivity contribution < 1.29 is 9.53 Å². The van der Waals surface area contributed by atoms with Crippen molar-refractivity contribution in [2.45, 2.75) is 37.8 Å². The summed E-state index contributed by atoms with van der Waals surface area (Å²) in [5, 5.41) is 6.77. The van der Waals surface area contributed by atoms with E-state index in [4.69, 9.17) is 4.74 Å². The van der Waals surface area contributed by atoms with Crippen LogP contribution in [-0.2, 0) is 11.2 Å². The number of para-hydroxylation sites is 1. The van der Waals surface area contributed by atoms with Gasteiger partial charge in [-0.2, -0.15) is 0 Å². The normalized spacial score (nSPS) is 21.2. The van der Waals surface area contributed by atoms with Gasteiger partial charge < -0.3 is 15.4 Å². The molecule has 0 saturated carbocycles. The molecule has 0 aromatic heterocycles. The van der Waals surface area contributed by atoms with Crippen LogP contribution in [0, 0.1) is 0 Å². The predicted octanol–water partition coefficient (Wildman–Crippen LogP) is 3.65. The molecule has 30 heavy (non-hydrogen) atoms. The molecule has 2 unspecified atom stereocenters. The number of amides is 1. The summed E-state index contributed by atoms with van der Waals surface area (Å²) in [5.74, 6) is 1.05. The molecule has 2 aromatic rings. The molecule has 1 aliphatic heterocycles. The molecular weight excluding hydrogens is 398 g/mol. The van der Waals surface area contributed by atoms with Crippen LogP contribution < -0.4 is 15.4 Å². The van der Waals surface area contributed by atoms with Crippen molar-refractivity contribution in [1.29, 1.82) is 0 Å². The van der Waals surface area contributed by atoms with Crippen molar-refractivity contribution in [3.8, 4) is 5.75 Å². The standard InChI is InChI=1S/C24H31N3O2.ClH/c1-29-23-12-5-4-10-20(23)22-17-25-14-16-27(22)15-13-24(28)26-21-11-6-8-18-7-2-3-9-19(18)21;/h2-5,7,9-10,12,21-22,25H,6,8,11,13-17H2,1H3,(H,26,28);1H. The first-order chi connectivity index (χ1) is 14.3. The lowest BCUT2D eigenvalue weighted by molar-refractivity contribution is -0.122. The van der Waals surface area contributed by atoms with E-state index in [0.717, 1.165) is 51.2 Å². The van der Waals surface area contributed by atoms with Crippen LogP contribution in [0.15, 0.2) is 48.5 Å². The van der Waals surface area contributed by atoms with Gasteiger partial charge in [-0.15, -0.1) is 12.4 Å². The Morgan fingerprint density at radius 3 is 2.77 bits per heavy atom. The second-order valence-corrected chi connectivity index (χ2v) is 7.96. The lowest BCUT2D eigenvalue weighted by Crippen LogP contribution is -2.47. The number of benzene rings is 2. The highest BCUT2D eigenvalue weighted by molar-refractivity contribution is 5.85. The van der Waals surface area contributed by atoms with Gasteiger partial charge in [-0.1, -0.05) is 42.5 Å². The Kier molecular flexibility index (Phi) is 8.14. The molecule has 2 aliphatic rings. The zero-order valence-electron chi connectivity index (χ0n) is 17.6. The van der Waals surface area contributed by atoms with Crippen LogP contribution in [0.1, 0.15) is 48.0 Å². The molecular formula is C24H32ClN3O2. The van der Waals surface area contributed by atoms with Crippen molar-refractivity contribution in [3.05, 3.63) is 65.2 Å². The highest BCUT2D eigenvalue weighted by Gasteiger charge is 2.27. The van der Waals surface area contributed by atoms with E-state index in [1.54, 1.807) is 7.11 Å². The number of methoxy groups -OCH3 is 1. The van der Waals surface area contributed by atoms with Gasteiger partial charge in [0.25, 0.3) is 0 Å². The third kappa shape index (κ3) is 5.15. The second kappa shape index (κ2) is 10.8. The predicted molar refractivity (Wildman–Crippen MR) is 122 cm³/mol. The van der Waals surface area contributed by atoms with Crippen LogP contribution in [0.5, 0.6) is 5.75 Å². The molecule has 0 radical (unpaired) electrons. The van der Waals surface area contributed by atoms with Crippen molar-refractivity contribution in [2.24, 2.45) is 0 Å². The number of piperazine rings is 1. The molecule has 0 spiro atoms. The molecule has 4 rings (SSSR count). The van der Waals surface area contributed by atoms with Gasteiger partial charge in [-0.05, 0) is 36.5 Å². The number of carbonyl (C=O) groups is 1. The minimum Gasteiger partial charge on any atom is -0.496 e. The number of aryl methyl sites for hydroxylation is 1. The highest BCUT2D eigenvalue weighted by Crippen LogP contribution is 2.31. The summed E-state index contributed by atoms with van der Waals surface area (Å²) in [7, 11) is 1.72. The number of rotatable bonds is 6. The Bertz CT molecular complexity index is 845. The maximum atomic E-state index is 12.8. The van der Waals surface area contributed by atoms with Crippen LogP contribution in [0.2, 0.25) is 0 Å². The van der Waals surface area contributed by atoms with Gasteiger partial charge in [0.1, 0.15) is 5.75 Å². The number of carbonyl (C=O) groups excluding carboxylic acids is 1. The van der Waals surface area contributed by atoms with Crippen molar-refractivity contribution in [3.63, 3.8) is 0 Å². The largest absolute Gasteiger partial charge is 0.496 e. The molecule has 2 aromatic carbocycles. The van der Waals surface area contributed by atoms with Gasteiger partial charge >= 0.3 is 0 Å². The van der Waals surface area contributed by atoms with Gasteiger partial charge in [0.2, 0.25) is 5.91 Å². The van der Waals surface area contributed by atoms with Gasteiger partial charge in [0, 0.05) is 38.2 Å². The van der Waals surface area contributed by atoms with Crippen LogP contribution >= 0.6 is 12.4 Å². The number of nitrogens with one attached hydrogen (secondary N) is 2. The summed E-state index contributed by atoms with van der Waals surface area (Å²) in [6, 6.07) is 17.1. The van der Waals surface area contributed by atoms with Gasteiger partial charge in [-0.3, -0.25) is 9.69 Å². The first-order valence-corrected chi connectivity index (χ1v) is 10.7. The molecule has 5 nitrogen and oxygen atoms in total. The quantitative estimate of drug-likeness (QED) is 0.736. The smallest absolute Gasteiger partial charge is 0.221 e. The number of hydrogen-bond donors (Lipinski definition) is 2. The lowest BCUT2D eigenvalue weighted by Gasteiger charge is -2.37. The molecule has 2 atom stereocenters. The first-order valence-electron chi connectivity index (χ1n) is 10.7. The average Bonchev–Trinajstić information content (AvgIpc) is 2.78. The minimum absolute atomic E-state index is 0. The summed E-state index contributed by atoms with van der Waals surface area (Å²) in [5.41, 5.74) is 3.85. The third-order valence-corrected chi connectivity index (χ3v) is 6.18. The van der Waals surface area contributed by atoms with Crippen LogP contribution in [-0.4, -0.2) is 44.1 Å². The summed E-state index contributed by atoms with van der Waals surface area (Å²) in [4.78, 5) is 15.2. The summed E-state index contributed by atoms with van der Waals surface area (Å²) >= 11 is 0. The van der Waals surface area contributed by atoms with Crippen molar-refractivity contribution in [2.75, 3.05) is 33.3 Å². The molecule has 1 fully saturated rings.